The first-order valence-electron chi connectivity index (χ1n) is 16.7. The lowest BCUT2D eigenvalue weighted by atomic mass is 9.81. The topological polar surface area (TPSA) is 12.4 Å². The van der Waals surface area contributed by atoms with Gasteiger partial charge < -0.3 is 0 Å². The van der Waals surface area contributed by atoms with Gasteiger partial charge in [0.1, 0.15) is 0 Å². The minimum absolute atomic E-state index is 0.0227. The maximum atomic E-state index is 5.57. The lowest BCUT2D eigenvalue weighted by molar-refractivity contribution is 1.05. The van der Waals surface area contributed by atoms with Gasteiger partial charge in [0.05, 0.1) is 11.4 Å². The molecule has 1 atom stereocenters. The van der Waals surface area contributed by atoms with Gasteiger partial charge in [-0.2, -0.15) is 0 Å². The molecule has 0 N–H and O–H groups in total. The van der Waals surface area contributed by atoms with Crippen LogP contribution >= 0.6 is 22.7 Å². The molecule has 228 valence electrons. The highest BCUT2D eigenvalue weighted by molar-refractivity contribution is 7.26. The third kappa shape index (κ3) is 3.95. The zero-order chi connectivity index (χ0) is 32.2. The van der Waals surface area contributed by atoms with Crippen molar-refractivity contribution in [3.8, 4) is 11.1 Å². The summed E-state index contributed by atoms with van der Waals surface area (Å²) in [5.41, 5.74) is 11.7. The fourth-order valence-corrected chi connectivity index (χ4v) is 10.5. The number of para-hydroxylation sites is 1. The second kappa shape index (κ2) is 10.2. The molecule has 1 aliphatic carbocycles. The van der Waals surface area contributed by atoms with Crippen molar-refractivity contribution in [2.45, 2.75) is 5.92 Å². The third-order valence-corrected chi connectivity index (χ3v) is 12.7. The first-order valence-corrected chi connectivity index (χ1v) is 18.3. The van der Waals surface area contributed by atoms with Crippen molar-refractivity contribution < 1.29 is 0 Å². The van der Waals surface area contributed by atoms with Gasteiger partial charge in [0, 0.05) is 57.4 Å². The Bertz CT molecular complexity index is 2970. The highest BCUT2D eigenvalue weighted by Gasteiger charge is 2.37. The molecule has 0 fully saturated rings. The molecule has 0 radical (unpaired) electrons. The van der Waals surface area contributed by atoms with Crippen LogP contribution in [0.2, 0.25) is 0 Å². The van der Waals surface area contributed by atoms with Crippen LogP contribution in [0.4, 0.5) is 5.69 Å². The Hall–Kier alpha value is -5.61. The third-order valence-electron chi connectivity index (χ3n) is 10.5. The lowest BCUT2D eigenvalue weighted by Crippen LogP contribution is -2.13. The average molecular weight is 658 g/mol. The summed E-state index contributed by atoms with van der Waals surface area (Å²) in [6.45, 7) is 4.65. The van der Waals surface area contributed by atoms with Crippen LogP contribution in [0.25, 0.3) is 67.8 Å². The molecule has 0 amide bonds. The first kappa shape index (κ1) is 27.4. The standard InChI is InChI=1S/C46H27NS2/c1-26-22-38(46(47-39-15-7-4-11-29(26)39)28-19-21-42-35(23-28)31-13-5-8-16-40(31)48-42)45-37-25-43-36(32-14-6-9-17-41(32)49-43)24-34(37)33-20-18-27-10-2-3-12-30(27)44(33)45/h2-25,45H,1H2. The molecule has 1 aliphatic heterocycles. The fourth-order valence-electron chi connectivity index (χ4n) is 8.27. The van der Waals surface area contributed by atoms with Crippen molar-refractivity contribution in [3.63, 3.8) is 0 Å². The van der Waals surface area contributed by atoms with Gasteiger partial charge in [-0.3, -0.25) is 0 Å². The van der Waals surface area contributed by atoms with Gasteiger partial charge in [0.2, 0.25) is 0 Å². The van der Waals surface area contributed by atoms with E-state index < -0.39 is 0 Å². The summed E-state index contributed by atoms with van der Waals surface area (Å²) in [5.74, 6) is -0.0227. The zero-order valence-electron chi connectivity index (χ0n) is 26.4. The molecular weight excluding hydrogens is 631 g/mol. The Balaban J connectivity index is 1.23. The summed E-state index contributed by atoms with van der Waals surface area (Å²) in [7, 11) is 0. The highest BCUT2D eigenvalue weighted by atomic mass is 32.1. The fraction of sp³-hybridized carbons (Fsp3) is 0.0217. The van der Waals surface area contributed by atoms with E-state index in [1.807, 2.05) is 22.7 Å². The number of aliphatic imine (C=N–C) groups is 1. The van der Waals surface area contributed by atoms with Gasteiger partial charge in [-0.1, -0.05) is 104 Å². The van der Waals surface area contributed by atoms with Crippen molar-refractivity contribution in [2.24, 2.45) is 4.99 Å². The van der Waals surface area contributed by atoms with E-state index in [0.717, 1.165) is 28.1 Å². The van der Waals surface area contributed by atoms with Crippen LogP contribution in [-0.2, 0) is 0 Å². The number of rotatable bonds is 2. The van der Waals surface area contributed by atoms with Crippen LogP contribution in [0.1, 0.15) is 28.2 Å². The van der Waals surface area contributed by atoms with Crippen molar-refractivity contribution >= 4 is 90.8 Å². The van der Waals surface area contributed by atoms with E-state index in [4.69, 9.17) is 4.99 Å². The molecule has 3 heterocycles. The number of hydrogen-bond donors (Lipinski definition) is 0. The molecule has 7 aromatic carbocycles. The Morgan fingerprint density at radius 2 is 1.18 bits per heavy atom. The summed E-state index contributed by atoms with van der Waals surface area (Å²) >= 11 is 3.74. The predicted octanol–water partition coefficient (Wildman–Crippen LogP) is 13.5. The summed E-state index contributed by atoms with van der Waals surface area (Å²) in [6.07, 6.45) is 2.33. The maximum absolute atomic E-state index is 5.57. The largest absolute Gasteiger partial charge is 0.247 e. The highest BCUT2D eigenvalue weighted by Crippen LogP contribution is 2.55. The quantitative estimate of drug-likeness (QED) is 0.175. The molecular formula is C46H27NS2. The minimum Gasteiger partial charge on any atom is -0.247 e. The molecule has 2 aromatic heterocycles. The first-order chi connectivity index (χ1) is 24.2. The zero-order valence-corrected chi connectivity index (χ0v) is 28.0. The Kier molecular flexibility index (Phi) is 5.69. The molecule has 49 heavy (non-hydrogen) atoms. The van der Waals surface area contributed by atoms with Crippen molar-refractivity contribution in [2.75, 3.05) is 0 Å². The number of fused-ring (bicyclic) bond motifs is 12. The van der Waals surface area contributed by atoms with E-state index in [1.165, 1.54) is 78.9 Å². The van der Waals surface area contributed by atoms with E-state index >= 15 is 0 Å². The SMILES string of the molecule is C=C1C=C(C2c3cc4sc5ccccc5c4cc3-c3ccc4ccccc4c32)C(c2ccc3sc4ccccc4c3c2)=Nc2ccccc21. The van der Waals surface area contributed by atoms with Gasteiger partial charge in [0.15, 0.2) is 0 Å². The van der Waals surface area contributed by atoms with E-state index in [-0.39, 0.29) is 5.92 Å². The van der Waals surface area contributed by atoms with Crippen LogP contribution in [0.15, 0.2) is 163 Å². The molecule has 0 spiro atoms. The second-order valence-electron chi connectivity index (χ2n) is 13.1. The number of thiophene rings is 2. The summed E-state index contributed by atoms with van der Waals surface area (Å²) < 4.78 is 5.25. The van der Waals surface area contributed by atoms with Crippen LogP contribution in [0.5, 0.6) is 0 Å². The van der Waals surface area contributed by atoms with Crippen molar-refractivity contribution in [3.05, 3.63) is 180 Å². The number of nitrogens with zero attached hydrogens (tertiary/aromatic N) is 1. The molecule has 3 heteroatoms. The Morgan fingerprint density at radius 1 is 0.510 bits per heavy atom. The van der Waals surface area contributed by atoms with E-state index in [1.54, 1.807) is 0 Å². The smallest absolute Gasteiger partial charge is 0.0751 e. The average Bonchev–Trinajstić information content (AvgIpc) is 3.77. The molecule has 0 saturated heterocycles. The van der Waals surface area contributed by atoms with Crippen LogP contribution in [0, 0.1) is 0 Å². The monoisotopic (exact) mass is 657 g/mol. The van der Waals surface area contributed by atoms with E-state index in [9.17, 15) is 0 Å². The van der Waals surface area contributed by atoms with Gasteiger partial charge in [-0.05, 0) is 92.7 Å². The molecule has 9 aromatic rings. The number of benzene rings is 7. The van der Waals surface area contributed by atoms with Gasteiger partial charge in [-0.25, -0.2) is 4.99 Å². The predicted molar refractivity (Wildman–Crippen MR) is 213 cm³/mol. The lowest BCUT2D eigenvalue weighted by Gasteiger charge is -2.22. The second-order valence-corrected chi connectivity index (χ2v) is 15.3. The minimum atomic E-state index is -0.0227. The van der Waals surface area contributed by atoms with Gasteiger partial charge >= 0.3 is 0 Å². The van der Waals surface area contributed by atoms with Gasteiger partial charge in [0.25, 0.3) is 0 Å². The molecule has 0 bridgehead atoms. The molecule has 11 rings (SSSR count). The van der Waals surface area contributed by atoms with Crippen molar-refractivity contribution in [1.29, 1.82) is 0 Å². The molecule has 2 aliphatic rings. The Morgan fingerprint density at radius 3 is 2.02 bits per heavy atom. The molecule has 0 saturated carbocycles. The van der Waals surface area contributed by atoms with Crippen molar-refractivity contribution in [1.82, 2.24) is 0 Å². The normalized spacial score (nSPS) is 15.4. The summed E-state index contributed by atoms with van der Waals surface area (Å²) in [4.78, 5) is 5.57. The number of hydrogen-bond acceptors (Lipinski definition) is 3. The van der Waals surface area contributed by atoms with E-state index in [2.05, 4.69) is 152 Å². The maximum Gasteiger partial charge on any atom is 0.0751 e. The summed E-state index contributed by atoms with van der Waals surface area (Å²) in [6, 6.07) is 51.3. The molecule has 1 nitrogen and oxygen atoms in total. The van der Waals surface area contributed by atoms with Crippen LogP contribution < -0.4 is 0 Å². The van der Waals surface area contributed by atoms with Crippen LogP contribution in [-0.4, -0.2) is 5.71 Å². The number of allylic oxidation sites excluding steroid dienone is 3. The van der Waals surface area contributed by atoms with Crippen LogP contribution in [0.3, 0.4) is 0 Å². The Labute approximate surface area is 291 Å². The molecule has 1 unspecified atom stereocenters. The summed E-state index contributed by atoms with van der Waals surface area (Å²) in [5, 5.41) is 7.78. The van der Waals surface area contributed by atoms with Gasteiger partial charge in [-0.15, -0.1) is 22.7 Å². The van der Waals surface area contributed by atoms with E-state index in [0.29, 0.717) is 0 Å².